The third-order valence-electron chi connectivity index (χ3n) is 6.39. The van der Waals surface area contributed by atoms with Crippen molar-refractivity contribution >= 4 is 5.91 Å². The maximum Gasteiger partial charge on any atom is 0.226 e. The summed E-state index contributed by atoms with van der Waals surface area (Å²) in [5, 5.41) is 3.21. The molecule has 2 aliphatic carbocycles. The largest absolute Gasteiger partial charge is 0.497 e. The van der Waals surface area contributed by atoms with Crippen LogP contribution in [0.15, 0.2) is 18.2 Å². The van der Waals surface area contributed by atoms with Gasteiger partial charge in [0.1, 0.15) is 5.75 Å². The summed E-state index contributed by atoms with van der Waals surface area (Å²) >= 11 is 0. The monoisotopic (exact) mass is 285 g/mol. The molecule has 3 nitrogen and oxygen atoms in total. The second-order valence-corrected chi connectivity index (χ2v) is 7.22. The minimum Gasteiger partial charge on any atom is -0.497 e. The first-order valence-electron chi connectivity index (χ1n) is 8.06. The summed E-state index contributed by atoms with van der Waals surface area (Å²) in [5.74, 6) is 1.69. The molecule has 4 rings (SSSR count). The Morgan fingerprint density at radius 2 is 2.19 bits per heavy atom. The summed E-state index contributed by atoms with van der Waals surface area (Å²) in [4.78, 5) is 12.5. The van der Waals surface area contributed by atoms with Crippen LogP contribution in [0, 0.1) is 11.3 Å². The zero-order chi connectivity index (χ0) is 14.7. The predicted molar refractivity (Wildman–Crippen MR) is 81.5 cm³/mol. The Morgan fingerprint density at radius 1 is 1.33 bits per heavy atom. The van der Waals surface area contributed by atoms with Crippen LogP contribution in [0.3, 0.4) is 0 Å². The minimum atomic E-state index is -0.183. The van der Waals surface area contributed by atoms with E-state index in [1.165, 1.54) is 17.5 Å². The van der Waals surface area contributed by atoms with Crippen LogP contribution in [0.4, 0.5) is 0 Å². The van der Waals surface area contributed by atoms with Crippen LogP contribution >= 0.6 is 0 Å². The zero-order valence-electron chi connectivity index (χ0n) is 12.9. The first kappa shape index (κ1) is 13.2. The molecular weight excluding hydrogens is 262 g/mol. The number of carbonyl (C=O) groups excluding carboxylic acids is 1. The number of piperidine rings is 1. The van der Waals surface area contributed by atoms with Crippen LogP contribution in [-0.2, 0) is 16.6 Å². The van der Waals surface area contributed by atoms with E-state index >= 15 is 0 Å². The maximum atomic E-state index is 12.5. The van der Waals surface area contributed by atoms with Crippen LogP contribution in [0.1, 0.15) is 43.7 Å². The van der Waals surface area contributed by atoms with Gasteiger partial charge in [0.05, 0.1) is 12.5 Å². The smallest absolute Gasteiger partial charge is 0.226 e. The van der Waals surface area contributed by atoms with Gasteiger partial charge in [-0.1, -0.05) is 19.4 Å². The predicted octanol–water partition coefficient (Wildman–Crippen LogP) is 2.82. The fraction of sp³-hybridized carbons (Fsp3) is 0.611. The Hall–Kier alpha value is -1.51. The third-order valence-corrected chi connectivity index (χ3v) is 6.39. The normalized spacial score (nSPS) is 37.2. The van der Waals surface area contributed by atoms with Gasteiger partial charge in [-0.3, -0.25) is 4.79 Å². The first-order valence-corrected chi connectivity index (χ1v) is 8.06. The first-order chi connectivity index (χ1) is 10.1. The average molecular weight is 285 g/mol. The van der Waals surface area contributed by atoms with Gasteiger partial charge in [-0.05, 0) is 54.9 Å². The van der Waals surface area contributed by atoms with Crippen molar-refractivity contribution in [2.45, 2.75) is 44.4 Å². The van der Waals surface area contributed by atoms with E-state index in [1.807, 2.05) is 0 Å². The Balaban J connectivity index is 1.90. The molecule has 1 N–H and O–H groups in total. The van der Waals surface area contributed by atoms with E-state index in [0.717, 1.165) is 38.0 Å². The number of amides is 1. The second-order valence-electron chi connectivity index (χ2n) is 7.22. The number of nitrogens with one attached hydrogen (secondary N) is 1. The van der Waals surface area contributed by atoms with Gasteiger partial charge in [0.15, 0.2) is 0 Å². The van der Waals surface area contributed by atoms with Crippen molar-refractivity contribution in [1.29, 1.82) is 0 Å². The van der Waals surface area contributed by atoms with Gasteiger partial charge in [-0.15, -0.1) is 0 Å². The molecule has 1 aliphatic heterocycles. The van der Waals surface area contributed by atoms with Crippen LogP contribution < -0.4 is 10.1 Å². The molecule has 0 radical (unpaired) electrons. The number of methoxy groups -OCH3 is 1. The summed E-state index contributed by atoms with van der Waals surface area (Å²) in [6, 6.07) is 6.52. The topological polar surface area (TPSA) is 38.3 Å². The molecule has 0 unspecified atom stereocenters. The Bertz CT molecular complexity index is 611. The SMILES string of the molecule is COc1ccc2c(c1)[C@]13CCC[C@@](C)(C(=O)NC1)[C@H]3CC2. The van der Waals surface area contributed by atoms with Gasteiger partial charge < -0.3 is 10.1 Å². The molecular formula is C18H23NO2. The number of hydrogen-bond acceptors (Lipinski definition) is 2. The number of benzene rings is 1. The molecule has 1 saturated heterocycles. The van der Waals surface area contributed by atoms with E-state index in [9.17, 15) is 4.79 Å². The molecule has 1 saturated carbocycles. The summed E-state index contributed by atoms with van der Waals surface area (Å²) in [7, 11) is 1.73. The Labute approximate surface area is 126 Å². The highest BCUT2D eigenvalue weighted by Gasteiger charge is 2.60. The zero-order valence-corrected chi connectivity index (χ0v) is 12.9. The molecule has 2 bridgehead atoms. The van der Waals surface area contributed by atoms with Crippen molar-refractivity contribution in [2.24, 2.45) is 11.3 Å². The van der Waals surface area contributed by atoms with Crippen LogP contribution in [-0.4, -0.2) is 19.6 Å². The van der Waals surface area contributed by atoms with E-state index in [1.54, 1.807) is 7.11 Å². The number of rotatable bonds is 1. The maximum absolute atomic E-state index is 12.5. The molecule has 1 heterocycles. The highest BCUT2D eigenvalue weighted by atomic mass is 16.5. The van der Waals surface area contributed by atoms with Gasteiger partial charge in [0.2, 0.25) is 5.91 Å². The number of hydrogen-bond donors (Lipinski definition) is 1. The molecule has 3 heteroatoms. The van der Waals surface area contributed by atoms with Crippen molar-refractivity contribution < 1.29 is 9.53 Å². The van der Waals surface area contributed by atoms with Crippen LogP contribution in [0.2, 0.25) is 0 Å². The van der Waals surface area contributed by atoms with Gasteiger partial charge in [-0.2, -0.15) is 0 Å². The molecule has 0 aromatic heterocycles. The summed E-state index contributed by atoms with van der Waals surface area (Å²) in [6.07, 6.45) is 5.60. The Morgan fingerprint density at radius 3 is 3.00 bits per heavy atom. The minimum absolute atomic E-state index is 0.128. The van der Waals surface area contributed by atoms with Gasteiger partial charge >= 0.3 is 0 Å². The van der Waals surface area contributed by atoms with E-state index in [-0.39, 0.29) is 16.7 Å². The van der Waals surface area contributed by atoms with Crippen molar-refractivity contribution in [3.05, 3.63) is 29.3 Å². The van der Waals surface area contributed by atoms with Gasteiger partial charge in [0.25, 0.3) is 0 Å². The molecule has 0 spiro atoms. The van der Waals surface area contributed by atoms with Crippen LogP contribution in [0.5, 0.6) is 5.75 Å². The number of aryl methyl sites for hydroxylation is 1. The second kappa shape index (κ2) is 4.25. The third kappa shape index (κ3) is 1.58. The molecule has 3 atom stereocenters. The Kier molecular flexibility index (Phi) is 2.66. The van der Waals surface area contributed by atoms with Crippen molar-refractivity contribution in [3.63, 3.8) is 0 Å². The lowest BCUT2D eigenvalue weighted by molar-refractivity contribution is -0.146. The van der Waals surface area contributed by atoms with Gasteiger partial charge in [-0.25, -0.2) is 0 Å². The highest BCUT2D eigenvalue weighted by Crippen LogP contribution is 2.59. The van der Waals surface area contributed by atoms with E-state index < -0.39 is 0 Å². The fourth-order valence-electron chi connectivity index (χ4n) is 5.33. The van der Waals surface area contributed by atoms with E-state index in [2.05, 4.69) is 30.4 Å². The molecule has 1 amide bonds. The number of carbonyl (C=O) groups is 1. The lowest BCUT2D eigenvalue weighted by Gasteiger charge is -2.59. The lowest BCUT2D eigenvalue weighted by atomic mass is 9.47. The number of fused-ring (bicyclic) bond motifs is 1. The lowest BCUT2D eigenvalue weighted by Crippen LogP contribution is -2.65. The van der Waals surface area contributed by atoms with Gasteiger partial charge in [0, 0.05) is 12.0 Å². The van der Waals surface area contributed by atoms with Crippen molar-refractivity contribution in [3.8, 4) is 5.75 Å². The quantitative estimate of drug-likeness (QED) is 0.861. The summed E-state index contributed by atoms with van der Waals surface area (Å²) in [5.41, 5.74) is 2.83. The number of ether oxygens (including phenoxy) is 1. The molecule has 112 valence electrons. The fourth-order valence-corrected chi connectivity index (χ4v) is 5.33. The highest BCUT2D eigenvalue weighted by molar-refractivity contribution is 5.84. The van der Waals surface area contributed by atoms with Crippen molar-refractivity contribution in [2.75, 3.05) is 13.7 Å². The molecule has 21 heavy (non-hydrogen) atoms. The average Bonchev–Trinajstić information content (AvgIpc) is 2.51. The van der Waals surface area contributed by atoms with Crippen LogP contribution in [0.25, 0.3) is 0 Å². The van der Waals surface area contributed by atoms with E-state index in [0.29, 0.717) is 5.92 Å². The molecule has 3 aliphatic rings. The molecule has 2 fully saturated rings. The van der Waals surface area contributed by atoms with E-state index in [4.69, 9.17) is 4.74 Å². The summed E-state index contributed by atoms with van der Waals surface area (Å²) in [6.45, 7) is 2.98. The summed E-state index contributed by atoms with van der Waals surface area (Å²) < 4.78 is 5.45. The molecule has 1 aromatic carbocycles. The standard InChI is InChI=1S/C18H23NO2/c1-17-8-3-9-18(11-19-16(17)20)14-10-13(21-2)6-4-12(14)5-7-15(17)18/h4,6,10,15H,3,5,7-9,11H2,1-2H3,(H,19,20)/t15-,17-,18+/m1/s1. The molecule has 1 aromatic rings. The van der Waals surface area contributed by atoms with Crippen molar-refractivity contribution in [1.82, 2.24) is 5.32 Å².